The Labute approximate surface area is 199 Å². The normalized spacial score (nSPS) is 13.7. The largest absolute Gasteiger partial charge is 0.315 e. The molecule has 0 saturated carbocycles. The molecule has 0 aliphatic carbocycles. The van der Waals surface area contributed by atoms with E-state index in [1.807, 2.05) is 31.6 Å². The molecule has 5 heteroatoms. The highest BCUT2D eigenvalue weighted by Crippen LogP contribution is 2.35. The second-order valence-corrected chi connectivity index (χ2v) is 9.55. The third-order valence-corrected chi connectivity index (χ3v) is 6.97. The van der Waals surface area contributed by atoms with Crippen molar-refractivity contribution in [2.75, 3.05) is 25.5 Å². The molecule has 0 bridgehead atoms. The molecule has 32 heavy (non-hydrogen) atoms. The first-order valence-electron chi connectivity index (χ1n) is 12.2. The smallest absolute Gasteiger partial charge is 0.227 e. The average molecular weight is 456 g/mol. The number of rotatable bonds is 12. The number of aromatic nitrogens is 1. The van der Waals surface area contributed by atoms with Crippen LogP contribution >= 0.6 is 11.6 Å². The maximum atomic E-state index is 12.0. The number of carbonyl (C=O) groups excluding carboxylic acids is 1. The van der Waals surface area contributed by atoms with Gasteiger partial charge in [-0.05, 0) is 49.7 Å². The minimum Gasteiger partial charge on any atom is -0.315 e. The third kappa shape index (κ3) is 6.55. The van der Waals surface area contributed by atoms with Gasteiger partial charge >= 0.3 is 0 Å². The van der Waals surface area contributed by atoms with Gasteiger partial charge in [0.1, 0.15) is 0 Å². The van der Waals surface area contributed by atoms with E-state index in [0.717, 1.165) is 46.9 Å². The van der Waals surface area contributed by atoms with E-state index in [1.165, 1.54) is 56.9 Å². The Hall–Kier alpha value is -1.91. The molecule has 0 N–H and O–H groups in total. The highest BCUT2D eigenvalue weighted by Gasteiger charge is 2.21. The Morgan fingerprint density at radius 3 is 2.50 bits per heavy atom. The highest BCUT2D eigenvalue weighted by atomic mass is 35.5. The van der Waals surface area contributed by atoms with Crippen LogP contribution in [-0.2, 0) is 17.8 Å². The van der Waals surface area contributed by atoms with E-state index in [2.05, 4.69) is 29.9 Å². The molecule has 0 saturated heterocycles. The van der Waals surface area contributed by atoms with Gasteiger partial charge in [0, 0.05) is 49.2 Å². The molecule has 1 aliphatic heterocycles. The number of hydrogen-bond acceptors (Lipinski definition) is 3. The molecule has 1 aromatic carbocycles. The first-order valence-corrected chi connectivity index (χ1v) is 12.6. The Kier molecular flexibility index (Phi) is 9.55. The zero-order valence-corrected chi connectivity index (χ0v) is 20.8. The quantitative estimate of drug-likeness (QED) is 0.327. The van der Waals surface area contributed by atoms with Gasteiger partial charge < -0.3 is 9.80 Å². The molecule has 1 aromatic heterocycles. The van der Waals surface area contributed by atoms with Gasteiger partial charge in [-0.1, -0.05) is 69.5 Å². The number of fused-ring (bicyclic) bond motifs is 1. The molecule has 174 valence electrons. The lowest BCUT2D eigenvalue weighted by molar-refractivity contribution is -0.118. The summed E-state index contributed by atoms with van der Waals surface area (Å²) in [6.07, 6.45) is 15.8. The lowest BCUT2D eigenvalue weighted by atomic mass is 9.96. The van der Waals surface area contributed by atoms with Gasteiger partial charge in [-0.15, -0.1) is 0 Å². The maximum absolute atomic E-state index is 12.0. The lowest BCUT2D eigenvalue weighted by Gasteiger charge is -2.26. The van der Waals surface area contributed by atoms with Crippen LogP contribution in [0.15, 0.2) is 30.6 Å². The van der Waals surface area contributed by atoms with Gasteiger partial charge in [0.05, 0.1) is 5.02 Å². The number of unbranched alkanes of at least 4 members (excludes halogenated alkanes) is 7. The van der Waals surface area contributed by atoms with Gasteiger partial charge in [-0.3, -0.25) is 9.78 Å². The van der Waals surface area contributed by atoms with E-state index in [9.17, 15) is 4.79 Å². The standard InChI is InChI=1S/C27H38ClN3O/c1-4-5-6-7-8-9-10-11-16-30(2)20-23-18-29-19-24(27(23)28)21-12-14-25-22(17-21)13-15-26(32)31(25)3/h12,14,17-19H,4-11,13,15-16,20H2,1-3H3. The monoisotopic (exact) mass is 455 g/mol. The molecule has 0 radical (unpaired) electrons. The number of halogens is 1. The summed E-state index contributed by atoms with van der Waals surface area (Å²) in [7, 11) is 4.01. The van der Waals surface area contributed by atoms with Crippen LogP contribution in [0.3, 0.4) is 0 Å². The molecule has 2 heterocycles. The Morgan fingerprint density at radius 1 is 1.03 bits per heavy atom. The molecule has 0 atom stereocenters. The summed E-state index contributed by atoms with van der Waals surface area (Å²) in [5, 5.41) is 0.781. The number of aryl methyl sites for hydroxylation is 1. The van der Waals surface area contributed by atoms with Crippen LogP contribution in [0.4, 0.5) is 5.69 Å². The Bertz CT molecular complexity index is 898. The molecule has 0 unspecified atom stereocenters. The number of amides is 1. The number of pyridine rings is 1. The van der Waals surface area contributed by atoms with Crippen LogP contribution in [0.1, 0.15) is 75.8 Å². The summed E-state index contributed by atoms with van der Waals surface area (Å²) in [4.78, 5) is 20.5. The minimum atomic E-state index is 0.173. The Balaban J connectivity index is 1.56. The second-order valence-electron chi connectivity index (χ2n) is 9.17. The van der Waals surface area contributed by atoms with E-state index >= 15 is 0 Å². The van der Waals surface area contributed by atoms with Gasteiger partial charge in [0.25, 0.3) is 0 Å². The first-order chi connectivity index (χ1) is 15.5. The van der Waals surface area contributed by atoms with Crippen molar-refractivity contribution in [2.45, 2.75) is 77.7 Å². The van der Waals surface area contributed by atoms with Crippen molar-refractivity contribution >= 4 is 23.2 Å². The van der Waals surface area contributed by atoms with Gasteiger partial charge in [0.15, 0.2) is 0 Å². The predicted octanol–water partition coefficient (Wildman–Crippen LogP) is 6.88. The zero-order chi connectivity index (χ0) is 22.9. The Morgan fingerprint density at radius 2 is 1.75 bits per heavy atom. The SMILES string of the molecule is CCCCCCCCCCN(C)Cc1cncc(-c2ccc3c(c2)CCC(=O)N3C)c1Cl. The van der Waals surface area contributed by atoms with Gasteiger partial charge in [0.2, 0.25) is 5.91 Å². The van der Waals surface area contributed by atoms with Crippen LogP contribution in [0.5, 0.6) is 0 Å². The fourth-order valence-electron chi connectivity index (χ4n) is 4.51. The van der Waals surface area contributed by atoms with Crippen molar-refractivity contribution in [1.29, 1.82) is 0 Å². The predicted molar refractivity (Wildman–Crippen MR) is 135 cm³/mol. The lowest BCUT2D eigenvalue weighted by Crippen LogP contribution is -2.30. The maximum Gasteiger partial charge on any atom is 0.227 e. The summed E-state index contributed by atoms with van der Waals surface area (Å²) in [5.41, 5.74) is 5.29. The molecule has 4 nitrogen and oxygen atoms in total. The molecule has 0 spiro atoms. The van der Waals surface area contributed by atoms with Crippen molar-refractivity contribution in [3.63, 3.8) is 0 Å². The van der Waals surface area contributed by atoms with Crippen LogP contribution in [0.2, 0.25) is 5.02 Å². The molecule has 1 aliphatic rings. The topological polar surface area (TPSA) is 36.4 Å². The van der Waals surface area contributed by atoms with E-state index in [4.69, 9.17) is 11.6 Å². The molecular formula is C27H38ClN3O. The van der Waals surface area contributed by atoms with Crippen LogP contribution in [0.25, 0.3) is 11.1 Å². The number of benzene rings is 1. The summed E-state index contributed by atoms with van der Waals surface area (Å²) in [5.74, 6) is 0.173. The van der Waals surface area contributed by atoms with Crippen molar-refractivity contribution in [3.8, 4) is 11.1 Å². The molecule has 3 rings (SSSR count). The highest BCUT2D eigenvalue weighted by molar-refractivity contribution is 6.34. The minimum absolute atomic E-state index is 0.173. The number of anilines is 1. The molecule has 0 fully saturated rings. The van der Waals surface area contributed by atoms with Crippen molar-refractivity contribution in [3.05, 3.63) is 46.7 Å². The van der Waals surface area contributed by atoms with Crippen LogP contribution in [0, 0.1) is 0 Å². The van der Waals surface area contributed by atoms with Gasteiger partial charge in [-0.25, -0.2) is 0 Å². The summed E-state index contributed by atoms with van der Waals surface area (Å²) in [6, 6.07) is 6.24. The zero-order valence-electron chi connectivity index (χ0n) is 20.0. The number of nitrogens with zero attached hydrogens (tertiary/aromatic N) is 3. The molecule has 1 amide bonds. The molecule has 2 aromatic rings. The summed E-state index contributed by atoms with van der Waals surface area (Å²) >= 11 is 6.84. The van der Waals surface area contributed by atoms with E-state index < -0.39 is 0 Å². The second kappa shape index (κ2) is 12.4. The van der Waals surface area contributed by atoms with Crippen molar-refractivity contribution < 1.29 is 4.79 Å². The fourth-order valence-corrected chi connectivity index (χ4v) is 4.78. The summed E-state index contributed by atoms with van der Waals surface area (Å²) in [6.45, 7) is 4.15. The van der Waals surface area contributed by atoms with Crippen molar-refractivity contribution in [2.24, 2.45) is 0 Å². The average Bonchev–Trinajstić information content (AvgIpc) is 2.79. The van der Waals surface area contributed by atoms with E-state index in [1.54, 1.807) is 4.90 Å². The van der Waals surface area contributed by atoms with E-state index in [0.29, 0.717) is 6.42 Å². The van der Waals surface area contributed by atoms with Crippen molar-refractivity contribution in [1.82, 2.24) is 9.88 Å². The van der Waals surface area contributed by atoms with E-state index in [-0.39, 0.29) is 5.91 Å². The van der Waals surface area contributed by atoms with Crippen LogP contribution in [-0.4, -0.2) is 36.4 Å². The van der Waals surface area contributed by atoms with Gasteiger partial charge in [-0.2, -0.15) is 0 Å². The van der Waals surface area contributed by atoms with Crippen LogP contribution < -0.4 is 4.90 Å². The number of hydrogen-bond donors (Lipinski definition) is 0. The fraction of sp³-hybridized carbons (Fsp3) is 0.556. The molecular weight excluding hydrogens is 418 g/mol. The number of carbonyl (C=O) groups is 1. The summed E-state index contributed by atoms with van der Waals surface area (Å²) < 4.78 is 0. The third-order valence-electron chi connectivity index (χ3n) is 6.52. The first kappa shape index (κ1) is 24.7.